The molecule has 2 rings (SSSR count). The van der Waals surface area contributed by atoms with Crippen LogP contribution in [0, 0.1) is 17.0 Å². The van der Waals surface area contributed by atoms with E-state index in [0.717, 1.165) is 5.56 Å². The van der Waals surface area contributed by atoms with Gasteiger partial charge in [0, 0.05) is 29.4 Å². The Balaban J connectivity index is 2.44. The van der Waals surface area contributed by atoms with Crippen molar-refractivity contribution in [3.63, 3.8) is 0 Å². The molecule has 0 saturated heterocycles. The Bertz CT molecular complexity index is 796. The highest BCUT2D eigenvalue weighted by Gasteiger charge is 2.56. The number of hydrogen-bond acceptors (Lipinski definition) is 6. The number of carbonyl (C=O) groups excluding carboxylic acids is 2. The first kappa shape index (κ1) is 21.3. The third kappa shape index (κ3) is 4.47. The van der Waals surface area contributed by atoms with E-state index in [-0.39, 0.29) is 36.6 Å². The summed E-state index contributed by atoms with van der Waals surface area (Å²) in [4.78, 5) is 35.9. The van der Waals surface area contributed by atoms with E-state index in [0.29, 0.717) is 5.56 Å². The molecule has 1 aromatic rings. The van der Waals surface area contributed by atoms with Gasteiger partial charge in [-0.2, -0.15) is 0 Å². The second-order valence-corrected chi connectivity index (χ2v) is 6.65. The molecule has 7 nitrogen and oxygen atoms in total. The quantitative estimate of drug-likeness (QED) is 0.293. The molecule has 2 atom stereocenters. The van der Waals surface area contributed by atoms with E-state index >= 15 is 0 Å². The largest absolute Gasteiger partial charge is 0.463 e. The lowest BCUT2D eigenvalue weighted by Crippen LogP contribution is -2.42. The highest BCUT2D eigenvalue weighted by atomic mass is 16.6. The fraction of sp³-hybridized carbons (Fsp3) is 0.429. The number of carbonyl (C=O) groups is 2. The zero-order valence-corrected chi connectivity index (χ0v) is 16.3. The van der Waals surface area contributed by atoms with E-state index in [9.17, 15) is 19.7 Å². The average molecular weight is 387 g/mol. The number of aryl methyl sites for hydroxylation is 1. The number of hydrogen-bond donors (Lipinski definition) is 0. The molecule has 0 fully saturated rings. The van der Waals surface area contributed by atoms with Crippen molar-refractivity contribution in [3.8, 4) is 0 Å². The molecule has 0 aliphatic heterocycles. The average Bonchev–Trinajstić information content (AvgIpc) is 3.04. The Morgan fingerprint density at radius 1 is 1.21 bits per heavy atom. The molecule has 0 heterocycles. The van der Waals surface area contributed by atoms with E-state index in [4.69, 9.17) is 9.47 Å². The Hall–Kier alpha value is -2.96. The van der Waals surface area contributed by atoms with Gasteiger partial charge in [-0.05, 0) is 26.3 Å². The smallest absolute Gasteiger partial charge is 0.334 e. The molecular formula is C21H25NO6. The van der Waals surface area contributed by atoms with Crippen LogP contribution in [-0.2, 0) is 19.1 Å². The van der Waals surface area contributed by atoms with Crippen molar-refractivity contribution in [1.29, 1.82) is 0 Å². The first-order valence-corrected chi connectivity index (χ1v) is 9.27. The lowest BCUT2D eigenvalue weighted by Gasteiger charge is -2.28. The minimum atomic E-state index is -1.47. The summed E-state index contributed by atoms with van der Waals surface area (Å²) in [6, 6.07) is 7.31. The summed E-state index contributed by atoms with van der Waals surface area (Å²) in [7, 11) is 0. The van der Waals surface area contributed by atoms with E-state index in [1.54, 1.807) is 32.1 Å². The number of ether oxygens (including phenoxy) is 2. The Labute approximate surface area is 164 Å². The molecule has 7 heteroatoms. The van der Waals surface area contributed by atoms with Crippen molar-refractivity contribution in [2.24, 2.45) is 0 Å². The molecule has 1 aliphatic rings. The molecule has 0 unspecified atom stereocenters. The molecule has 1 aromatic carbocycles. The third-order valence-electron chi connectivity index (χ3n) is 4.82. The minimum Gasteiger partial charge on any atom is -0.463 e. The maximum absolute atomic E-state index is 12.5. The Kier molecular flexibility index (Phi) is 7.09. The van der Waals surface area contributed by atoms with Gasteiger partial charge < -0.3 is 9.47 Å². The highest BCUT2D eigenvalue weighted by Crippen LogP contribution is 2.48. The maximum Gasteiger partial charge on any atom is 0.334 e. The summed E-state index contributed by atoms with van der Waals surface area (Å²) in [6.45, 7) is 5.71. The van der Waals surface area contributed by atoms with Gasteiger partial charge in [-0.25, -0.2) is 9.59 Å². The SMILES string of the molecule is CCOC(=O)/C=C/C[C@]1([N+](=O)[O-])CC=C(C(=O)OCC)[C@H]1c1ccc(C)cc1. The van der Waals surface area contributed by atoms with Crippen LogP contribution in [-0.4, -0.2) is 35.6 Å². The number of rotatable bonds is 8. The molecule has 1 aliphatic carbocycles. The molecule has 0 amide bonds. The standard InChI is InChI=1S/C21H25NO6/c1-4-27-18(23)7-6-13-21(22(25)26)14-12-17(20(24)28-5-2)19(21)16-10-8-15(3)9-11-16/h6-12,19H,4-5,13-14H2,1-3H3/b7-6+/t19-,21+/m1/s1. The van der Waals surface area contributed by atoms with Gasteiger partial charge in [-0.15, -0.1) is 0 Å². The molecule has 0 spiro atoms. The van der Waals surface area contributed by atoms with E-state index in [1.165, 1.54) is 12.2 Å². The predicted octanol–water partition coefficient (Wildman–Crippen LogP) is 3.50. The van der Waals surface area contributed by atoms with E-state index < -0.39 is 23.4 Å². The van der Waals surface area contributed by atoms with Crippen molar-refractivity contribution in [3.05, 3.63) is 69.3 Å². The molecule has 0 radical (unpaired) electrons. The van der Waals surface area contributed by atoms with Crippen LogP contribution in [0.25, 0.3) is 0 Å². The Morgan fingerprint density at radius 3 is 2.43 bits per heavy atom. The van der Waals surface area contributed by atoms with Gasteiger partial charge in [0.25, 0.3) is 0 Å². The first-order valence-electron chi connectivity index (χ1n) is 9.27. The predicted molar refractivity (Wildman–Crippen MR) is 103 cm³/mol. The van der Waals surface area contributed by atoms with E-state index in [2.05, 4.69) is 0 Å². The zero-order chi connectivity index (χ0) is 20.7. The number of nitrogens with zero attached hydrogens (tertiary/aromatic N) is 1. The third-order valence-corrected chi connectivity index (χ3v) is 4.82. The van der Waals surface area contributed by atoms with Crippen molar-refractivity contribution < 1.29 is 24.0 Å². The van der Waals surface area contributed by atoms with Gasteiger partial charge in [0.2, 0.25) is 5.54 Å². The molecule has 0 bridgehead atoms. The van der Waals surface area contributed by atoms with Crippen molar-refractivity contribution in [1.82, 2.24) is 0 Å². The van der Waals surface area contributed by atoms with Crippen LogP contribution in [0.5, 0.6) is 0 Å². The lowest BCUT2D eigenvalue weighted by atomic mass is 9.76. The molecule has 150 valence electrons. The van der Waals surface area contributed by atoms with Crippen LogP contribution in [0.3, 0.4) is 0 Å². The topological polar surface area (TPSA) is 95.7 Å². The van der Waals surface area contributed by atoms with Gasteiger partial charge in [-0.3, -0.25) is 10.1 Å². The maximum atomic E-state index is 12.5. The van der Waals surface area contributed by atoms with Crippen LogP contribution >= 0.6 is 0 Å². The van der Waals surface area contributed by atoms with Gasteiger partial charge >= 0.3 is 11.9 Å². The monoisotopic (exact) mass is 387 g/mol. The molecule has 28 heavy (non-hydrogen) atoms. The fourth-order valence-corrected chi connectivity index (χ4v) is 3.48. The van der Waals surface area contributed by atoms with Crippen molar-refractivity contribution in [2.75, 3.05) is 13.2 Å². The zero-order valence-electron chi connectivity index (χ0n) is 16.3. The first-order chi connectivity index (χ1) is 13.4. The fourth-order valence-electron chi connectivity index (χ4n) is 3.48. The summed E-state index contributed by atoms with van der Waals surface area (Å²) < 4.78 is 9.96. The van der Waals surface area contributed by atoms with E-state index in [1.807, 2.05) is 19.1 Å². The highest BCUT2D eigenvalue weighted by molar-refractivity contribution is 5.91. The Morgan fingerprint density at radius 2 is 1.86 bits per heavy atom. The minimum absolute atomic E-state index is 0.0171. The van der Waals surface area contributed by atoms with Gasteiger partial charge in [0.1, 0.15) is 0 Å². The molecule has 0 aromatic heterocycles. The number of esters is 2. The van der Waals surface area contributed by atoms with Crippen molar-refractivity contribution in [2.45, 2.75) is 45.1 Å². The molecule has 0 N–H and O–H groups in total. The molecule has 0 saturated carbocycles. The van der Waals surface area contributed by atoms with Gasteiger partial charge in [-0.1, -0.05) is 42.0 Å². The number of nitro groups is 1. The summed E-state index contributed by atoms with van der Waals surface area (Å²) in [5.74, 6) is -1.87. The van der Waals surface area contributed by atoms with Crippen LogP contribution in [0.4, 0.5) is 0 Å². The summed E-state index contributed by atoms with van der Waals surface area (Å²) in [5.41, 5.74) is 0.494. The summed E-state index contributed by atoms with van der Waals surface area (Å²) in [5, 5.41) is 12.2. The van der Waals surface area contributed by atoms with Crippen LogP contribution in [0.2, 0.25) is 0 Å². The summed E-state index contributed by atoms with van der Waals surface area (Å²) in [6.07, 6.45) is 4.29. The summed E-state index contributed by atoms with van der Waals surface area (Å²) >= 11 is 0. The normalized spacial score (nSPS) is 21.4. The van der Waals surface area contributed by atoms with Gasteiger partial charge in [0.05, 0.1) is 19.1 Å². The van der Waals surface area contributed by atoms with Gasteiger partial charge in [0.15, 0.2) is 0 Å². The van der Waals surface area contributed by atoms with Crippen LogP contribution in [0.1, 0.15) is 43.7 Å². The molecular weight excluding hydrogens is 362 g/mol. The lowest BCUT2D eigenvalue weighted by molar-refractivity contribution is -0.570. The second-order valence-electron chi connectivity index (χ2n) is 6.65. The van der Waals surface area contributed by atoms with Crippen molar-refractivity contribution >= 4 is 11.9 Å². The van der Waals surface area contributed by atoms with Crippen LogP contribution < -0.4 is 0 Å². The number of benzene rings is 1. The van der Waals surface area contributed by atoms with Crippen LogP contribution in [0.15, 0.2) is 48.1 Å². The second kappa shape index (κ2) is 9.30.